The van der Waals surface area contributed by atoms with Gasteiger partial charge >= 0.3 is 0 Å². The molecule has 2 rings (SSSR count). The van der Waals surface area contributed by atoms with Gasteiger partial charge in [-0.15, -0.1) is 0 Å². The van der Waals surface area contributed by atoms with Crippen LogP contribution < -0.4 is 5.32 Å². The first-order chi connectivity index (χ1) is 9.15. The van der Waals surface area contributed by atoms with Gasteiger partial charge in [-0.3, -0.25) is 0 Å². The number of hydrogen-bond donors (Lipinski definition) is 1. The van der Waals surface area contributed by atoms with Crippen LogP contribution in [0, 0.1) is 5.92 Å². The second-order valence-corrected chi connectivity index (χ2v) is 6.00. The van der Waals surface area contributed by atoms with E-state index in [0.29, 0.717) is 12.0 Å². The molecule has 106 valence electrons. The first kappa shape index (κ1) is 14.5. The molecule has 2 atom stereocenters. The van der Waals surface area contributed by atoms with E-state index < -0.39 is 0 Å². The number of methoxy groups -OCH3 is 1. The topological polar surface area (TPSA) is 21.3 Å². The molecule has 1 aliphatic rings. The highest BCUT2D eigenvalue weighted by molar-refractivity contribution is 5.35. The standard InChI is InChI=1S/C17H27NO/c1-12(2)17(19-4)16(18-3)11-13-8-9-14-6-5-7-15(14)10-13/h8-10,12,16-18H,5-7,11H2,1-4H3. The molecule has 0 heterocycles. The van der Waals surface area contributed by atoms with Crippen molar-refractivity contribution < 1.29 is 4.74 Å². The van der Waals surface area contributed by atoms with E-state index in [2.05, 4.69) is 37.4 Å². The van der Waals surface area contributed by atoms with Crippen molar-refractivity contribution in [1.82, 2.24) is 5.32 Å². The van der Waals surface area contributed by atoms with E-state index in [1.807, 2.05) is 14.2 Å². The van der Waals surface area contributed by atoms with Gasteiger partial charge in [0, 0.05) is 13.2 Å². The zero-order valence-corrected chi connectivity index (χ0v) is 12.7. The predicted molar refractivity (Wildman–Crippen MR) is 80.7 cm³/mol. The van der Waals surface area contributed by atoms with Crippen LogP contribution in [0.2, 0.25) is 0 Å². The van der Waals surface area contributed by atoms with Gasteiger partial charge in [-0.05, 0) is 55.3 Å². The lowest BCUT2D eigenvalue weighted by atomic mass is 9.93. The summed E-state index contributed by atoms with van der Waals surface area (Å²) in [4.78, 5) is 0. The van der Waals surface area contributed by atoms with Crippen LogP contribution in [0.1, 0.15) is 37.0 Å². The zero-order valence-electron chi connectivity index (χ0n) is 12.7. The molecule has 0 spiro atoms. The molecule has 0 saturated heterocycles. The molecular formula is C17H27NO. The van der Waals surface area contributed by atoms with Crippen molar-refractivity contribution in [2.24, 2.45) is 5.92 Å². The van der Waals surface area contributed by atoms with Gasteiger partial charge in [0.2, 0.25) is 0 Å². The van der Waals surface area contributed by atoms with Crippen LogP contribution in [-0.2, 0) is 24.0 Å². The monoisotopic (exact) mass is 261 g/mol. The Morgan fingerprint density at radius 3 is 2.58 bits per heavy atom. The molecule has 1 N–H and O–H groups in total. The minimum Gasteiger partial charge on any atom is -0.380 e. The number of likely N-dealkylation sites (N-methyl/N-ethyl adjacent to an activating group) is 1. The number of ether oxygens (including phenoxy) is 1. The fourth-order valence-electron chi connectivity index (χ4n) is 3.29. The largest absolute Gasteiger partial charge is 0.380 e. The Balaban J connectivity index is 2.09. The maximum absolute atomic E-state index is 5.67. The predicted octanol–water partition coefficient (Wildman–Crippen LogP) is 2.98. The van der Waals surface area contributed by atoms with Gasteiger partial charge in [0.1, 0.15) is 0 Å². The van der Waals surface area contributed by atoms with Crippen molar-refractivity contribution in [3.05, 3.63) is 34.9 Å². The SMILES string of the molecule is CNC(Cc1ccc2c(c1)CCC2)C(OC)C(C)C. The smallest absolute Gasteiger partial charge is 0.0750 e. The van der Waals surface area contributed by atoms with E-state index in [1.54, 1.807) is 11.1 Å². The first-order valence-electron chi connectivity index (χ1n) is 7.46. The van der Waals surface area contributed by atoms with Gasteiger partial charge in [0.05, 0.1) is 6.10 Å². The van der Waals surface area contributed by atoms with Crippen LogP contribution in [-0.4, -0.2) is 26.3 Å². The van der Waals surface area contributed by atoms with Gasteiger partial charge in [0.25, 0.3) is 0 Å². The molecule has 0 aromatic heterocycles. The van der Waals surface area contributed by atoms with Crippen LogP contribution in [0.15, 0.2) is 18.2 Å². The van der Waals surface area contributed by atoms with Gasteiger partial charge in [-0.25, -0.2) is 0 Å². The van der Waals surface area contributed by atoms with E-state index in [4.69, 9.17) is 4.74 Å². The molecule has 0 aliphatic heterocycles. The summed E-state index contributed by atoms with van der Waals surface area (Å²) in [5.74, 6) is 0.525. The molecule has 0 radical (unpaired) electrons. The van der Waals surface area contributed by atoms with E-state index in [1.165, 1.54) is 24.8 Å². The maximum atomic E-state index is 5.67. The Kier molecular flexibility index (Phi) is 5.00. The molecule has 0 amide bonds. The summed E-state index contributed by atoms with van der Waals surface area (Å²) < 4.78 is 5.67. The average Bonchev–Trinajstić information content (AvgIpc) is 2.85. The second kappa shape index (κ2) is 6.53. The molecule has 0 fully saturated rings. The van der Waals surface area contributed by atoms with Crippen molar-refractivity contribution in [2.75, 3.05) is 14.2 Å². The third kappa shape index (κ3) is 3.37. The Labute approximate surface area is 117 Å². The van der Waals surface area contributed by atoms with Gasteiger partial charge in [-0.1, -0.05) is 32.0 Å². The number of nitrogens with one attached hydrogen (secondary N) is 1. The average molecular weight is 261 g/mol. The van der Waals surface area contributed by atoms with Crippen molar-refractivity contribution >= 4 is 0 Å². The molecule has 0 bridgehead atoms. The summed E-state index contributed by atoms with van der Waals surface area (Å²) in [7, 11) is 3.85. The number of hydrogen-bond acceptors (Lipinski definition) is 2. The maximum Gasteiger partial charge on any atom is 0.0750 e. The molecule has 1 aromatic carbocycles. The van der Waals surface area contributed by atoms with E-state index in [0.717, 1.165) is 6.42 Å². The zero-order chi connectivity index (χ0) is 13.8. The summed E-state index contributed by atoms with van der Waals surface area (Å²) in [6.07, 6.45) is 5.14. The molecule has 2 unspecified atom stereocenters. The normalized spacial score (nSPS) is 17.5. The molecule has 2 heteroatoms. The molecule has 0 saturated carbocycles. The Morgan fingerprint density at radius 2 is 1.95 bits per heavy atom. The lowest BCUT2D eigenvalue weighted by Gasteiger charge is -2.29. The summed E-state index contributed by atoms with van der Waals surface area (Å²) in [6.45, 7) is 4.45. The molecule has 1 aromatic rings. The first-order valence-corrected chi connectivity index (χ1v) is 7.46. The van der Waals surface area contributed by atoms with Gasteiger partial charge < -0.3 is 10.1 Å². The lowest BCUT2D eigenvalue weighted by molar-refractivity contribution is 0.0354. The van der Waals surface area contributed by atoms with E-state index >= 15 is 0 Å². The van der Waals surface area contributed by atoms with E-state index in [-0.39, 0.29) is 6.10 Å². The highest BCUT2D eigenvalue weighted by Gasteiger charge is 2.23. The minimum absolute atomic E-state index is 0.262. The summed E-state index contributed by atoms with van der Waals surface area (Å²) in [5.41, 5.74) is 4.55. The number of fused-ring (bicyclic) bond motifs is 1. The Morgan fingerprint density at radius 1 is 1.21 bits per heavy atom. The minimum atomic E-state index is 0.262. The highest BCUT2D eigenvalue weighted by atomic mass is 16.5. The fraction of sp³-hybridized carbons (Fsp3) is 0.647. The lowest BCUT2D eigenvalue weighted by Crippen LogP contribution is -2.43. The van der Waals surface area contributed by atoms with Crippen LogP contribution in [0.25, 0.3) is 0 Å². The molecule has 1 aliphatic carbocycles. The molecule has 2 nitrogen and oxygen atoms in total. The Hall–Kier alpha value is -0.860. The van der Waals surface area contributed by atoms with Crippen molar-refractivity contribution in [3.8, 4) is 0 Å². The van der Waals surface area contributed by atoms with Crippen molar-refractivity contribution in [3.63, 3.8) is 0 Å². The summed E-state index contributed by atoms with van der Waals surface area (Å²) in [6, 6.07) is 7.40. The van der Waals surface area contributed by atoms with Crippen molar-refractivity contribution in [1.29, 1.82) is 0 Å². The van der Waals surface area contributed by atoms with Crippen LogP contribution >= 0.6 is 0 Å². The van der Waals surface area contributed by atoms with E-state index in [9.17, 15) is 0 Å². The number of benzene rings is 1. The third-order valence-corrected chi connectivity index (χ3v) is 4.32. The van der Waals surface area contributed by atoms with Crippen LogP contribution in [0.3, 0.4) is 0 Å². The fourth-order valence-corrected chi connectivity index (χ4v) is 3.29. The molecule has 19 heavy (non-hydrogen) atoms. The van der Waals surface area contributed by atoms with Gasteiger partial charge in [0.15, 0.2) is 0 Å². The highest BCUT2D eigenvalue weighted by Crippen LogP contribution is 2.24. The van der Waals surface area contributed by atoms with Crippen LogP contribution in [0.5, 0.6) is 0 Å². The Bertz CT molecular complexity index is 414. The third-order valence-electron chi connectivity index (χ3n) is 4.32. The van der Waals surface area contributed by atoms with Gasteiger partial charge in [-0.2, -0.15) is 0 Å². The summed E-state index contributed by atoms with van der Waals surface area (Å²) in [5, 5.41) is 3.43. The number of rotatable bonds is 6. The molecular weight excluding hydrogens is 234 g/mol. The summed E-state index contributed by atoms with van der Waals surface area (Å²) >= 11 is 0. The van der Waals surface area contributed by atoms with Crippen LogP contribution in [0.4, 0.5) is 0 Å². The second-order valence-electron chi connectivity index (χ2n) is 6.00. The quantitative estimate of drug-likeness (QED) is 0.850. The number of aryl methyl sites for hydroxylation is 2. The van der Waals surface area contributed by atoms with Crippen molar-refractivity contribution in [2.45, 2.75) is 51.7 Å².